The second-order valence-electron chi connectivity index (χ2n) is 3.63. The second kappa shape index (κ2) is 6.35. The Labute approximate surface area is 89.2 Å². The third kappa shape index (κ3) is 5.32. The average Bonchev–Trinajstić information content (AvgIpc) is 2.17. The van der Waals surface area contributed by atoms with Crippen LogP contribution >= 0.6 is 0 Å². The number of halogens is 1. The Hall–Kier alpha value is -1.16. The van der Waals surface area contributed by atoms with Gasteiger partial charge in [0, 0.05) is 18.9 Å². The summed E-state index contributed by atoms with van der Waals surface area (Å²) >= 11 is 0. The maximum absolute atomic E-state index is 12.6. The summed E-state index contributed by atoms with van der Waals surface area (Å²) < 4.78 is 23.2. The molecule has 1 aromatic rings. The maximum Gasteiger partial charge on any atom is 0.216 e. The molecule has 0 aliphatic carbocycles. The molecule has 0 aliphatic rings. The van der Waals surface area contributed by atoms with E-state index < -0.39 is 5.95 Å². The van der Waals surface area contributed by atoms with Gasteiger partial charge >= 0.3 is 0 Å². The van der Waals surface area contributed by atoms with Crippen LogP contribution in [0.25, 0.3) is 0 Å². The largest absolute Gasteiger partial charge is 0.491 e. The highest BCUT2D eigenvalue weighted by atomic mass is 19.1. The molecule has 0 aromatic carbocycles. The summed E-state index contributed by atoms with van der Waals surface area (Å²) in [7, 11) is 0. The Balaban J connectivity index is 2.15. The number of pyridine rings is 1. The molecule has 0 saturated heterocycles. The highest BCUT2D eigenvalue weighted by Gasteiger charge is 1.97. The number of hydrogen-bond acceptors (Lipinski definition) is 3. The SMILES string of the molecule is CC(C)COCCOc1ccnc(F)c1. The molecule has 0 unspecified atom stereocenters. The number of nitrogens with zero attached hydrogens (tertiary/aromatic N) is 1. The molecule has 15 heavy (non-hydrogen) atoms. The lowest BCUT2D eigenvalue weighted by molar-refractivity contribution is 0.0817. The number of aromatic nitrogens is 1. The molecule has 0 N–H and O–H groups in total. The molecular weight excluding hydrogens is 197 g/mol. The zero-order valence-corrected chi connectivity index (χ0v) is 9.07. The molecule has 84 valence electrons. The van der Waals surface area contributed by atoms with Crippen LogP contribution in [-0.2, 0) is 4.74 Å². The lowest BCUT2D eigenvalue weighted by Crippen LogP contribution is -2.10. The Bertz CT molecular complexity index is 292. The standard InChI is InChI=1S/C11H16FNO2/c1-9(2)8-14-5-6-15-10-3-4-13-11(12)7-10/h3-4,7,9H,5-6,8H2,1-2H3. The van der Waals surface area contributed by atoms with E-state index >= 15 is 0 Å². The van der Waals surface area contributed by atoms with Gasteiger partial charge in [-0.1, -0.05) is 13.8 Å². The first-order chi connectivity index (χ1) is 7.18. The van der Waals surface area contributed by atoms with Crippen LogP contribution in [0.5, 0.6) is 5.75 Å². The van der Waals surface area contributed by atoms with Gasteiger partial charge in [-0.15, -0.1) is 0 Å². The topological polar surface area (TPSA) is 31.4 Å². The molecular formula is C11H16FNO2. The van der Waals surface area contributed by atoms with Gasteiger partial charge < -0.3 is 9.47 Å². The summed E-state index contributed by atoms with van der Waals surface area (Å²) in [6, 6.07) is 2.87. The number of hydrogen-bond donors (Lipinski definition) is 0. The van der Waals surface area contributed by atoms with Gasteiger partial charge in [0.15, 0.2) is 0 Å². The van der Waals surface area contributed by atoms with Gasteiger partial charge in [-0.3, -0.25) is 0 Å². The summed E-state index contributed by atoms with van der Waals surface area (Å²) in [5.74, 6) is 0.467. The Morgan fingerprint density at radius 1 is 1.40 bits per heavy atom. The van der Waals surface area contributed by atoms with E-state index in [0.29, 0.717) is 31.5 Å². The predicted octanol–water partition coefficient (Wildman–Crippen LogP) is 2.27. The van der Waals surface area contributed by atoms with E-state index in [-0.39, 0.29) is 0 Å². The van der Waals surface area contributed by atoms with Crippen LogP contribution in [0.4, 0.5) is 4.39 Å². The highest BCUT2D eigenvalue weighted by molar-refractivity contribution is 5.17. The van der Waals surface area contributed by atoms with Crippen LogP contribution in [0.1, 0.15) is 13.8 Å². The van der Waals surface area contributed by atoms with Crippen molar-refractivity contribution in [3.63, 3.8) is 0 Å². The van der Waals surface area contributed by atoms with Crippen molar-refractivity contribution in [3.05, 3.63) is 24.3 Å². The van der Waals surface area contributed by atoms with E-state index in [0.717, 1.165) is 0 Å². The van der Waals surface area contributed by atoms with Crippen LogP contribution in [-0.4, -0.2) is 24.8 Å². The van der Waals surface area contributed by atoms with E-state index in [1.807, 2.05) is 0 Å². The van der Waals surface area contributed by atoms with Crippen molar-refractivity contribution in [1.82, 2.24) is 4.98 Å². The summed E-state index contributed by atoms with van der Waals surface area (Å²) in [5, 5.41) is 0. The van der Waals surface area contributed by atoms with Crippen molar-refractivity contribution in [2.24, 2.45) is 5.92 Å². The van der Waals surface area contributed by atoms with Crippen molar-refractivity contribution in [2.45, 2.75) is 13.8 Å². The smallest absolute Gasteiger partial charge is 0.216 e. The molecule has 0 amide bonds. The molecule has 0 spiro atoms. The van der Waals surface area contributed by atoms with Crippen molar-refractivity contribution in [1.29, 1.82) is 0 Å². The Morgan fingerprint density at radius 3 is 2.87 bits per heavy atom. The zero-order valence-electron chi connectivity index (χ0n) is 9.07. The molecule has 0 aliphatic heterocycles. The molecule has 0 bridgehead atoms. The summed E-state index contributed by atoms with van der Waals surface area (Å²) in [6.07, 6.45) is 1.37. The van der Waals surface area contributed by atoms with Crippen LogP contribution in [0.2, 0.25) is 0 Å². The molecule has 1 aromatic heterocycles. The zero-order chi connectivity index (χ0) is 11.1. The molecule has 0 fully saturated rings. The van der Waals surface area contributed by atoms with Crippen molar-refractivity contribution in [3.8, 4) is 5.75 Å². The normalized spacial score (nSPS) is 10.7. The van der Waals surface area contributed by atoms with Gasteiger partial charge in [-0.05, 0) is 12.0 Å². The minimum absolute atomic E-state index is 0.427. The van der Waals surface area contributed by atoms with Gasteiger partial charge in [0.25, 0.3) is 0 Å². The number of rotatable bonds is 6. The second-order valence-corrected chi connectivity index (χ2v) is 3.63. The molecule has 1 rings (SSSR count). The number of ether oxygens (including phenoxy) is 2. The maximum atomic E-state index is 12.6. The van der Waals surface area contributed by atoms with Crippen molar-refractivity contribution < 1.29 is 13.9 Å². The fraction of sp³-hybridized carbons (Fsp3) is 0.545. The summed E-state index contributed by atoms with van der Waals surface area (Å²) in [6.45, 7) is 5.82. The fourth-order valence-corrected chi connectivity index (χ4v) is 1.01. The third-order valence-electron chi connectivity index (χ3n) is 1.65. The first-order valence-corrected chi connectivity index (χ1v) is 5.00. The minimum atomic E-state index is -0.532. The van der Waals surface area contributed by atoms with Gasteiger partial charge in [-0.25, -0.2) is 4.98 Å². The van der Waals surface area contributed by atoms with Crippen LogP contribution in [0.3, 0.4) is 0 Å². The predicted molar refractivity (Wildman–Crippen MR) is 55.3 cm³/mol. The molecule has 1 heterocycles. The molecule has 0 atom stereocenters. The third-order valence-corrected chi connectivity index (χ3v) is 1.65. The van der Waals surface area contributed by atoms with Crippen molar-refractivity contribution >= 4 is 0 Å². The minimum Gasteiger partial charge on any atom is -0.491 e. The van der Waals surface area contributed by atoms with Crippen LogP contribution in [0, 0.1) is 11.9 Å². The van der Waals surface area contributed by atoms with E-state index in [2.05, 4.69) is 18.8 Å². The highest BCUT2D eigenvalue weighted by Crippen LogP contribution is 2.09. The molecule has 0 radical (unpaired) electrons. The molecule has 4 heteroatoms. The van der Waals surface area contributed by atoms with Crippen LogP contribution < -0.4 is 4.74 Å². The lowest BCUT2D eigenvalue weighted by Gasteiger charge is -2.08. The fourth-order valence-electron chi connectivity index (χ4n) is 1.01. The van der Waals surface area contributed by atoms with Gasteiger partial charge in [0.1, 0.15) is 12.4 Å². The van der Waals surface area contributed by atoms with Gasteiger partial charge in [0.05, 0.1) is 6.61 Å². The van der Waals surface area contributed by atoms with E-state index in [1.54, 1.807) is 6.07 Å². The van der Waals surface area contributed by atoms with E-state index in [9.17, 15) is 4.39 Å². The van der Waals surface area contributed by atoms with E-state index in [1.165, 1.54) is 12.3 Å². The van der Waals surface area contributed by atoms with E-state index in [4.69, 9.17) is 9.47 Å². The summed E-state index contributed by atoms with van der Waals surface area (Å²) in [4.78, 5) is 3.43. The lowest BCUT2D eigenvalue weighted by atomic mass is 10.2. The molecule has 3 nitrogen and oxygen atoms in total. The average molecular weight is 213 g/mol. The van der Waals surface area contributed by atoms with Gasteiger partial charge in [0.2, 0.25) is 5.95 Å². The van der Waals surface area contributed by atoms with Crippen LogP contribution in [0.15, 0.2) is 18.3 Å². The Morgan fingerprint density at radius 2 is 2.20 bits per heavy atom. The quantitative estimate of drug-likeness (QED) is 0.536. The first kappa shape index (κ1) is 11.9. The first-order valence-electron chi connectivity index (χ1n) is 5.00. The summed E-state index contributed by atoms with van der Waals surface area (Å²) in [5.41, 5.74) is 0. The monoisotopic (exact) mass is 213 g/mol. The molecule has 0 saturated carbocycles. The Kier molecular flexibility index (Phi) is 5.04. The van der Waals surface area contributed by atoms with Gasteiger partial charge in [-0.2, -0.15) is 4.39 Å². The van der Waals surface area contributed by atoms with Crippen molar-refractivity contribution in [2.75, 3.05) is 19.8 Å².